The molecule has 44 heavy (non-hydrogen) atoms. The van der Waals surface area contributed by atoms with Crippen molar-refractivity contribution in [3.05, 3.63) is 132 Å². The molecule has 228 valence electrons. The third-order valence-corrected chi connectivity index (χ3v) is 12.1. The SMILES string of the molecule is CC(C)(C)C1C(CCOC(=O)c2ccccc2)C2(c3ccc(F)cc3)COC1(CO[SiH](c1ccccc1)c1ccccc1)C2. The lowest BCUT2D eigenvalue weighted by Crippen LogP contribution is -2.54. The number of ether oxygens (including phenoxy) is 2. The Hall–Kier alpha value is -3.58. The van der Waals surface area contributed by atoms with Crippen molar-refractivity contribution in [3.63, 3.8) is 0 Å². The Balaban J connectivity index is 1.33. The third kappa shape index (κ3) is 5.91. The molecule has 0 N–H and O–H groups in total. The summed E-state index contributed by atoms with van der Waals surface area (Å²) in [4.78, 5) is 12.8. The summed E-state index contributed by atoms with van der Waals surface area (Å²) in [5.41, 5.74) is 0.620. The van der Waals surface area contributed by atoms with Crippen LogP contribution in [0.2, 0.25) is 0 Å². The Labute approximate surface area is 261 Å². The van der Waals surface area contributed by atoms with E-state index in [4.69, 9.17) is 13.9 Å². The number of benzene rings is 4. The summed E-state index contributed by atoms with van der Waals surface area (Å²) in [5, 5.41) is 2.46. The summed E-state index contributed by atoms with van der Waals surface area (Å²) in [6.07, 6.45) is 1.46. The van der Waals surface area contributed by atoms with Crippen LogP contribution in [0.5, 0.6) is 0 Å². The fraction of sp³-hybridized carbons (Fsp3) is 0.342. The van der Waals surface area contributed by atoms with Crippen LogP contribution < -0.4 is 10.4 Å². The molecule has 4 atom stereocenters. The van der Waals surface area contributed by atoms with Crippen LogP contribution in [0, 0.1) is 23.1 Å². The van der Waals surface area contributed by atoms with Gasteiger partial charge in [-0.3, -0.25) is 0 Å². The molecular weight excluding hydrogens is 567 g/mol. The molecule has 6 rings (SSSR count). The second-order valence-corrected chi connectivity index (χ2v) is 15.9. The second kappa shape index (κ2) is 12.4. The predicted molar refractivity (Wildman–Crippen MR) is 174 cm³/mol. The van der Waals surface area contributed by atoms with Crippen molar-refractivity contribution < 1.29 is 23.1 Å². The number of carbonyl (C=O) groups is 1. The van der Waals surface area contributed by atoms with Crippen molar-refractivity contribution in [1.82, 2.24) is 0 Å². The summed E-state index contributed by atoms with van der Waals surface area (Å²) in [7, 11) is -2.02. The summed E-state index contributed by atoms with van der Waals surface area (Å²) in [6, 6.07) is 37.1. The van der Waals surface area contributed by atoms with Gasteiger partial charge in [0, 0.05) is 5.41 Å². The molecule has 1 aliphatic carbocycles. The van der Waals surface area contributed by atoms with Gasteiger partial charge in [-0.1, -0.05) is 112 Å². The van der Waals surface area contributed by atoms with Crippen LogP contribution in [0.4, 0.5) is 4.39 Å². The van der Waals surface area contributed by atoms with Gasteiger partial charge < -0.3 is 13.9 Å². The highest BCUT2D eigenvalue weighted by molar-refractivity contribution is 6.80. The lowest BCUT2D eigenvalue weighted by atomic mass is 9.62. The minimum Gasteiger partial charge on any atom is -0.462 e. The molecule has 0 aromatic heterocycles. The van der Waals surface area contributed by atoms with Crippen molar-refractivity contribution in [2.24, 2.45) is 17.3 Å². The van der Waals surface area contributed by atoms with E-state index in [9.17, 15) is 9.18 Å². The van der Waals surface area contributed by atoms with Gasteiger partial charge in [0.15, 0.2) is 0 Å². The normalized spacial score (nSPS) is 24.5. The Morgan fingerprint density at radius 3 is 2.00 bits per heavy atom. The predicted octanol–water partition coefficient (Wildman–Crippen LogP) is 6.32. The zero-order valence-corrected chi connectivity index (χ0v) is 26.9. The first kappa shape index (κ1) is 30.4. The number of carbonyl (C=O) groups excluding carboxylic acids is 1. The highest BCUT2D eigenvalue weighted by Gasteiger charge is 2.69. The molecule has 0 radical (unpaired) electrons. The van der Waals surface area contributed by atoms with Crippen LogP contribution in [0.15, 0.2) is 115 Å². The molecule has 0 spiro atoms. The highest BCUT2D eigenvalue weighted by atomic mass is 28.3. The molecule has 0 amide bonds. The Kier molecular flexibility index (Phi) is 8.60. The molecule has 1 saturated heterocycles. The Morgan fingerprint density at radius 1 is 0.864 bits per heavy atom. The minimum atomic E-state index is -2.02. The van der Waals surface area contributed by atoms with E-state index in [1.165, 1.54) is 10.4 Å². The molecule has 2 aliphatic rings. The molecule has 2 bridgehead atoms. The van der Waals surface area contributed by atoms with Gasteiger partial charge in [-0.25, -0.2) is 9.18 Å². The van der Waals surface area contributed by atoms with Crippen LogP contribution in [0.3, 0.4) is 0 Å². The van der Waals surface area contributed by atoms with Crippen LogP contribution >= 0.6 is 0 Å². The largest absolute Gasteiger partial charge is 0.462 e. The maximum absolute atomic E-state index is 14.1. The fourth-order valence-corrected chi connectivity index (χ4v) is 10.4. The summed E-state index contributed by atoms with van der Waals surface area (Å²) >= 11 is 0. The van der Waals surface area contributed by atoms with Gasteiger partial charge in [0.25, 0.3) is 0 Å². The average molecular weight is 609 g/mol. The van der Waals surface area contributed by atoms with E-state index >= 15 is 0 Å². The monoisotopic (exact) mass is 608 g/mol. The van der Waals surface area contributed by atoms with Gasteiger partial charge in [-0.15, -0.1) is 0 Å². The lowest BCUT2D eigenvalue weighted by Gasteiger charge is -2.49. The van der Waals surface area contributed by atoms with Crippen LogP contribution in [-0.4, -0.2) is 40.4 Å². The Morgan fingerprint density at radius 2 is 1.43 bits per heavy atom. The molecule has 6 heteroatoms. The van der Waals surface area contributed by atoms with Gasteiger partial charge >= 0.3 is 5.97 Å². The second-order valence-electron chi connectivity index (χ2n) is 13.4. The molecule has 1 saturated carbocycles. The van der Waals surface area contributed by atoms with Gasteiger partial charge in [-0.05, 0) is 70.3 Å². The van der Waals surface area contributed by atoms with Crippen molar-refractivity contribution in [2.75, 3.05) is 19.8 Å². The zero-order chi connectivity index (χ0) is 30.8. The standard InChI is InChI=1S/C38H41FO4Si/c1-36(2,3)34-33(23-24-41-35(40)28-13-7-4-8-14-28)37(29-19-21-30(39)22-20-29)25-38(34,42-26-37)27-43-44(31-15-9-5-10-16-31)32-17-11-6-12-18-32/h4-22,33-34,44H,23-27H2,1-3H3. The van der Waals surface area contributed by atoms with Crippen LogP contribution in [0.1, 0.15) is 49.5 Å². The number of hydrogen-bond donors (Lipinski definition) is 0. The number of esters is 1. The van der Waals surface area contributed by atoms with E-state index < -0.39 is 14.6 Å². The van der Waals surface area contributed by atoms with Gasteiger partial charge in [0.1, 0.15) is 5.82 Å². The summed E-state index contributed by atoms with van der Waals surface area (Å²) in [6.45, 7) is 8.11. The molecule has 4 nitrogen and oxygen atoms in total. The molecular formula is C38H41FO4Si. The smallest absolute Gasteiger partial charge is 0.338 e. The molecule has 2 fully saturated rings. The van der Waals surface area contributed by atoms with Crippen molar-refractivity contribution in [2.45, 2.75) is 44.6 Å². The van der Waals surface area contributed by atoms with Gasteiger partial charge in [0.2, 0.25) is 9.04 Å². The molecule has 1 heterocycles. The Bertz CT molecular complexity index is 1500. The maximum atomic E-state index is 14.1. The molecule has 1 aliphatic heterocycles. The number of fused-ring (bicyclic) bond motifs is 2. The van der Waals surface area contributed by atoms with Crippen molar-refractivity contribution in [3.8, 4) is 0 Å². The fourth-order valence-electron chi connectivity index (χ4n) is 8.03. The van der Waals surface area contributed by atoms with Crippen LogP contribution in [-0.2, 0) is 19.3 Å². The molecule has 4 aromatic carbocycles. The lowest BCUT2D eigenvalue weighted by molar-refractivity contribution is -0.142. The van der Waals surface area contributed by atoms with Gasteiger partial charge in [-0.2, -0.15) is 0 Å². The average Bonchev–Trinajstić information content (AvgIpc) is 3.56. The first-order valence-electron chi connectivity index (χ1n) is 15.6. The van der Waals surface area contributed by atoms with E-state index in [0.29, 0.717) is 31.8 Å². The van der Waals surface area contributed by atoms with E-state index in [1.807, 2.05) is 42.5 Å². The minimum absolute atomic E-state index is 0.116. The summed E-state index contributed by atoms with van der Waals surface area (Å²) in [5.74, 6) is -0.310. The van der Waals surface area contributed by atoms with Crippen molar-refractivity contribution >= 4 is 25.4 Å². The topological polar surface area (TPSA) is 44.8 Å². The maximum Gasteiger partial charge on any atom is 0.338 e. The first-order valence-corrected chi connectivity index (χ1v) is 17.2. The van der Waals surface area contributed by atoms with E-state index in [-0.39, 0.29) is 34.5 Å². The van der Waals surface area contributed by atoms with E-state index in [2.05, 4.69) is 69.3 Å². The first-order chi connectivity index (χ1) is 21.2. The van der Waals surface area contributed by atoms with Crippen molar-refractivity contribution in [1.29, 1.82) is 0 Å². The van der Waals surface area contributed by atoms with E-state index in [0.717, 1.165) is 12.0 Å². The summed E-state index contributed by atoms with van der Waals surface area (Å²) < 4.78 is 33.9. The molecule has 4 unspecified atom stereocenters. The quantitative estimate of drug-likeness (QED) is 0.156. The van der Waals surface area contributed by atoms with Gasteiger partial charge in [0.05, 0.1) is 31.0 Å². The third-order valence-electron chi connectivity index (χ3n) is 9.63. The number of hydrogen-bond acceptors (Lipinski definition) is 4. The number of rotatable bonds is 10. The number of halogens is 1. The van der Waals surface area contributed by atoms with Crippen LogP contribution in [0.25, 0.3) is 0 Å². The van der Waals surface area contributed by atoms with E-state index in [1.54, 1.807) is 24.3 Å². The molecule has 4 aromatic rings. The highest BCUT2D eigenvalue weighted by Crippen LogP contribution is 2.65. The zero-order valence-electron chi connectivity index (χ0n) is 25.7.